The lowest BCUT2D eigenvalue weighted by Crippen LogP contribution is -2.43. The second-order valence-corrected chi connectivity index (χ2v) is 8.22. The number of amides is 1. The summed E-state index contributed by atoms with van der Waals surface area (Å²) in [6, 6.07) is 5.63. The van der Waals surface area contributed by atoms with E-state index < -0.39 is 28.8 Å². The third-order valence-electron chi connectivity index (χ3n) is 5.31. The fraction of sp³-hybridized carbons (Fsp3) is 0.261. The molecule has 178 valence electrons. The maximum atomic E-state index is 12.6. The van der Waals surface area contributed by atoms with Crippen LogP contribution in [0.2, 0.25) is 10.0 Å². The Balaban J connectivity index is 1.83. The first-order valence-electron chi connectivity index (χ1n) is 10.4. The molecule has 2 aromatic carbocycles. The van der Waals surface area contributed by atoms with Crippen molar-refractivity contribution in [2.75, 3.05) is 28.6 Å². The third kappa shape index (κ3) is 5.21. The van der Waals surface area contributed by atoms with E-state index in [0.717, 1.165) is 0 Å². The summed E-state index contributed by atoms with van der Waals surface area (Å²) >= 11 is 12.0. The van der Waals surface area contributed by atoms with Crippen LogP contribution in [0.15, 0.2) is 46.2 Å². The van der Waals surface area contributed by atoms with Gasteiger partial charge in [-0.15, -0.1) is 0 Å². The normalized spacial score (nSPS) is 11.8. The smallest absolute Gasteiger partial charge is 0.305 e. The lowest BCUT2D eigenvalue weighted by atomic mass is 10.0. The molecule has 0 saturated carbocycles. The molecule has 1 heterocycles. The van der Waals surface area contributed by atoms with Gasteiger partial charge in [0.25, 0.3) is 16.8 Å². The van der Waals surface area contributed by atoms with Crippen molar-refractivity contribution in [3.8, 4) is 0 Å². The van der Waals surface area contributed by atoms with Crippen LogP contribution in [-0.4, -0.2) is 35.1 Å². The Morgan fingerprint density at radius 2 is 1.62 bits per heavy atom. The Bertz CT molecular complexity index is 1260. The SMILES string of the molecule is CCN(CC)c1c(N[C@@H](CC(=O)O)c2ccc(NC(=O)c3c(Cl)cncc3Cl)cc2)c(=O)c1=O. The summed E-state index contributed by atoms with van der Waals surface area (Å²) < 4.78 is 0. The van der Waals surface area contributed by atoms with E-state index in [9.17, 15) is 24.3 Å². The van der Waals surface area contributed by atoms with Gasteiger partial charge < -0.3 is 20.6 Å². The van der Waals surface area contributed by atoms with Gasteiger partial charge in [-0.1, -0.05) is 35.3 Å². The molecule has 11 heteroatoms. The molecular formula is C23H22Cl2N4O5. The van der Waals surface area contributed by atoms with Crippen LogP contribution in [0.4, 0.5) is 17.1 Å². The van der Waals surface area contributed by atoms with Crippen LogP contribution >= 0.6 is 23.2 Å². The lowest BCUT2D eigenvalue weighted by Gasteiger charge is -2.27. The molecule has 0 saturated heterocycles. The van der Waals surface area contributed by atoms with E-state index in [1.54, 1.807) is 29.2 Å². The van der Waals surface area contributed by atoms with E-state index in [-0.39, 0.29) is 33.4 Å². The number of anilines is 3. The average Bonchev–Trinajstić information content (AvgIpc) is 2.80. The van der Waals surface area contributed by atoms with Gasteiger partial charge in [-0.2, -0.15) is 0 Å². The molecule has 0 aliphatic rings. The number of hydrogen-bond acceptors (Lipinski definition) is 7. The second kappa shape index (κ2) is 10.7. The standard InChI is InChI=1S/C23H22Cl2N4O5/c1-3-29(4-2)20-19(21(32)22(20)33)28-16(9-17(30)31)12-5-7-13(8-6-12)27-23(34)18-14(24)10-26-11-15(18)25/h5-8,10-11,16,28H,3-4,9H2,1-2H3,(H,27,34)(H,30,31)/t16-/m0/s1. The van der Waals surface area contributed by atoms with Crippen LogP contribution < -0.4 is 26.4 Å². The highest BCUT2D eigenvalue weighted by molar-refractivity contribution is 6.40. The largest absolute Gasteiger partial charge is 0.481 e. The first-order chi connectivity index (χ1) is 16.2. The predicted molar refractivity (Wildman–Crippen MR) is 132 cm³/mol. The van der Waals surface area contributed by atoms with Gasteiger partial charge in [0, 0.05) is 31.2 Å². The van der Waals surface area contributed by atoms with E-state index in [4.69, 9.17) is 23.2 Å². The Hall–Kier alpha value is -3.43. The monoisotopic (exact) mass is 504 g/mol. The van der Waals surface area contributed by atoms with E-state index in [1.807, 2.05) is 13.8 Å². The van der Waals surface area contributed by atoms with Crippen LogP contribution in [0.25, 0.3) is 0 Å². The summed E-state index contributed by atoms with van der Waals surface area (Å²) in [5.41, 5.74) is 0.166. The van der Waals surface area contributed by atoms with Crippen molar-refractivity contribution in [3.05, 3.63) is 78.3 Å². The number of carbonyl (C=O) groups excluding carboxylic acids is 1. The van der Waals surface area contributed by atoms with Gasteiger partial charge in [-0.3, -0.25) is 24.2 Å². The first-order valence-corrected chi connectivity index (χ1v) is 11.2. The summed E-state index contributed by atoms with van der Waals surface area (Å²) in [5, 5.41) is 15.2. The number of aromatic nitrogens is 1. The van der Waals surface area contributed by atoms with Crippen molar-refractivity contribution in [1.82, 2.24) is 4.98 Å². The molecule has 0 radical (unpaired) electrons. The van der Waals surface area contributed by atoms with Crippen molar-refractivity contribution >= 4 is 52.1 Å². The Kier molecular flexibility index (Phi) is 7.90. The molecule has 3 aromatic rings. The summed E-state index contributed by atoms with van der Waals surface area (Å²) in [4.78, 5) is 53.9. The molecular weight excluding hydrogens is 483 g/mol. The number of carboxylic acid groups (broad SMARTS) is 1. The molecule has 0 aliphatic heterocycles. The maximum absolute atomic E-state index is 12.6. The topological polar surface area (TPSA) is 129 Å². The average molecular weight is 505 g/mol. The molecule has 34 heavy (non-hydrogen) atoms. The van der Waals surface area contributed by atoms with E-state index in [2.05, 4.69) is 15.6 Å². The zero-order valence-electron chi connectivity index (χ0n) is 18.4. The Morgan fingerprint density at radius 3 is 2.15 bits per heavy atom. The summed E-state index contributed by atoms with van der Waals surface area (Å²) in [5.74, 6) is -1.61. The van der Waals surface area contributed by atoms with Crippen molar-refractivity contribution in [1.29, 1.82) is 0 Å². The molecule has 0 spiro atoms. The zero-order valence-corrected chi connectivity index (χ0v) is 19.9. The van der Waals surface area contributed by atoms with E-state index >= 15 is 0 Å². The fourth-order valence-electron chi connectivity index (χ4n) is 3.58. The minimum Gasteiger partial charge on any atom is -0.481 e. The van der Waals surface area contributed by atoms with Crippen molar-refractivity contribution in [2.24, 2.45) is 0 Å². The van der Waals surface area contributed by atoms with Gasteiger partial charge in [0.2, 0.25) is 0 Å². The van der Waals surface area contributed by atoms with Crippen molar-refractivity contribution < 1.29 is 14.7 Å². The number of carbonyl (C=O) groups is 2. The molecule has 1 atom stereocenters. The molecule has 1 amide bonds. The van der Waals surface area contributed by atoms with E-state index in [0.29, 0.717) is 24.3 Å². The molecule has 0 unspecified atom stereocenters. The third-order valence-corrected chi connectivity index (χ3v) is 5.89. The van der Waals surface area contributed by atoms with Crippen LogP contribution in [0.1, 0.15) is 42.2 Å². The molecule has 3 rings (SSSR count). The lowest BCUT2D eigenvalue weighted by molar-refractivity contribution is -0.137. The molecule has 0 aliphatic carbocycles. The minimum absolute atomic E-state index is 0.0804. The summed E-state index contributed by atoms with van der Waals surface area (Å²) in [6.45, 7) is 4.77. The first kappa shape index (κ1) is 25.2. The Labute approximate surface area is 205 Å². The van der Waals surface area contributed by atoms with Crippen LogP contribution in [0.3, 0.4) is 0 Å². The van der Waals surface area contributed by atoms with Crippen molar-refractivity contribution in [2.45, 2.75) is 26.3 Å². The number of carboxylic acids is 1. The number of hydrogen-bond donors (Lipinski definition) is 3. The van der Waals surface area contributed by atoms with E-state index in [1.165, 1.54) is 12.4 Å². The van der Waals surface area contributed by atoms with Crippen LogP contribution in [0.5, 0.6) is 0 Å². The number of nitrogens with one attached hydrogen (secondary N) is 2. The van der Waals surface area contributed by atoms with Gasteiger partial charge in [-0.05, 0) is 31.5 Å². The highest BCUT2D eigenvalue weighted by atomic mass is 35.5. The minimum atomic E-state index is -1.08. The van der Waals surface area contributed by atoms with Crippen molar-refractivity contribution in [3.63, 3.8) is 0 Å². The number of aliphatic carboxylic acids is 1. The molecule has 9 nitrogen and oxygen atoms in total. The number of halogens is 2. The number of benzene rings is 1. The number of nitrogens with zero attached hydrogens (tertiary/aromatic N) is 2. The quantitative estimate of drug-likeness (QED) is 0.356. The van der Waals surface area contributed by atoms with Crippen LogP contribution in [0, 0.1) is 0 Å². The number of pyridine rings is 1. The van der Waals surface area contributed by atoms with Gasteiger partial charge in [0.05, 0.1) is 28.1 Å². The second-order valence-electron chi connectivity index (χ2n) is 7.40. The highest BCUT2D eigenvalue weighted by Gasteiger charge is 2.28. The van der Waals surface area contributed by atoms with Crippen LogP contribution in [-0.2, 0) is 4.79 Å². The Morgan fingerprint density at radius 1 is 1.03 bits per heavy atom. The van der Waals surface area contributed by atoms with Gasteiger partial charge in [0.15, 0.2) is 0 Å². The maximum Gasteiger partial charge on any atom is 0.305 e. The molecule has 1 aromatic heterocycles. The highest BCUT2D eigenvalue weighted by Crippen LogP contribution is 2.29. The number of rotatable bonds is 10. The van der Waals surface area contributed by atoms with Gasteiger partial charge in [0.1, 0.15) is 11.4 Å². The van der Waals surface area contributed by atoms with Gasteiger partial charge in [-0.25, -0.2) is 0 Å². The molecule has 0 fully saturated rings. The predicted octanol–water partition coefficient (Wildman–Crippen LogP) is 3.71. The summed E-state index contributed by atoms with van der Waals surface area (Å²) in [7, 11) is 0. The molecule has 3 N–H and O–H groups in total. The zero-order chi connectivity index (χ0) is 25.0. The fourth-order valence-corrected chi connectivity index (χ4v) is 4.11. The van der Waals surface area contributed by atoms with Gasteiger partial charge >= 0.3 is 5.97 Å². The summed E-state index contributed by atoms with van der Waals surface area (Å²) in [6.07, 6.45) is 2.28. The molecule has 0 bridgehead atoms.